The second-order valence-corrected chi connectivity index (χ2v) is 4.88. The topological polar surface area (TPSA) is 64.2 Å². The average molecular weight is 308 g/mol. The highest BCUT2D eigenvalue weighted by Crippen LogP contribution is 2.31. The summed E-state index contributed by atoms with van der Waals surface area (Å²) in [6.07, 6.45) is 3.57. The minimum Gasteiger partial charge on any atom is -0.493 e. The van der Waals surface area contributed by atoms with E-state index >= 15 is 0 Å². The zero-order chi connectivity index (χ0) is 16.2. The zero-order valence-electron chi connectivity index (χ0n) is 12.9. The van der Waals surface area contributed by atoms with Crippen LogP contribution in [0.25, 0.3) is 23.1 Å². The largest absolute Gasteiger partial charge is 0.493 e. The molecule has 0 spiro atoms. The number of H-pyrrole nitrogens is 1. The maximum atomic E-state index is 12.1. The molecule has 0 radical (unpaired) electrons. The highest BCUT2D eigenvalue weighted by atomic mass is 16.5. The van der Waals surface area contributed by atoms with Gasteiger partial charge in [0, 0.05) is 5.56 Å². The summed E-state index contributed by atoms with van der Waals surface area (Å²) >= 11 is 0. The number of methoxy groups -OCH3 is 2. The van der Waals surface area contributed by atoms with E-state index in [9.17, 15) is 4.79 Å². The Morgan fingerprint density at radius 3 is 2.61 bits per heavy atom. The third kappa shape index (κ3) is 2.94. The van der Waals surface area contributed by atoms with Crippen molar-refractivity contribution in [3.63, 3.8) is 0 Å². The molecular formula is C18H16N2O3. The smallest absolute Gasteiger partial charge is 0.259 e. The minimum atomic E-state index is -0.159. The fourth-order valence-electron chi connectivity index (χ4n) is 2.40. The van der Waals surface area contributed by atoms with Gasteiger partial charge < -0.3 is 14.5 Å². The molecule has 3 rings (SSSR count). The van der Waals surface area contributed by atoms with Crippen LogP contribution in [0.3, 0.4) is 0 Å². The predicted octanol–water partition coefficient (Wildman–Crippen LogP) is 3.11. The van der Waals surface area contributed by atoms with E-state index in [1.54, 1.807) is 26.4 Å². The quantitative estimate of drug-likeness (QED) is 0.804. The average Bonchev–Trinajstić information content (AvgIpc) is 2.59. The number of hydrogen-bond acceptors (Lipinski definition) is 4. The summed E-state index contributed by atoms with van der Waals surface area (Å²) in [5, 5.41) is 0.573. The summed E-state index contributed by atoms with van der Waals surface area (Å²) in [5.41, 5.74) is 1.34. The van der Waals surface area contributed by atoms with Gasteiger partial charge in [-0.25, -0.2) is 4.98 Å². The standard InChI is InChI=1S/C18H16N2O3/c1-22-15-9-5-6-12(17(15)23-2)10-11-16-19-14-8-4-3-7-13(14)18(21)20-16/h3-11H,1-2H3,(H,19,20,21)/b11-10+. The van der Waals surface area contributed by atoms with Gasteiger partial charge >= 0.3 is 0 Å². The molecule has 1 heterocycles. The van der Waals surface area contributed by atoms with Crippen molar-refractivity contribution >= 4 is 23.1 Å². The Labute approximate surface area is 133 Å². The van der Waals surface area contributed by atoms with Gasteiger partial charge in [-0.1, -0.05) is 24.3 Å². The van der Waals surface area contributed by atoms with Gasteiger partial charge in [-0.3, -0.25) is 4.79 Å². The second kappa shape index (κ2) is 6.36. The molecule has 5 nitrogen and oxygen atoms in total. The predicted molar refractivity (Wildman–Crippen MR) is 90.8 cm³/mol. The summed E-state index contributed by atoms with van der Waals surface area (Å²) in [6, 6.07) is 12.8. The molecule has 0 atom stereocenters. The lowest BCUT2D eigenvalue weighted by molar-refractivity contribution is 0.354. The van der Waals surface area contributed by atoms with E-state index in [1.165, 1.54) is 0 Å². The van der Waals surface area contributed by atoms with Gasteiger partial charge in [-0.2, -0.15) is 0 Å². The Kier molecular flexibility index (Phi) is 4.10. The molecule has 0 saturated carbocycles. The first-order valence-electron chi connectivity index (χ1n) is 7.11. The lowest BCUT2D eigenvalue weighted by atomic mass is 10.1. The van der Waals surface area contributed by atoms with E-state index in [2.05, 4.69) is 9.97 Å². The van der Waals surface area contributed by atoms with Crippen molar-refractivity contribution in [1.82, 2.24) is 9.97 Å². The lowest BCUT2D eigenvalue weighted by Gasteiger charge is -2.09. The summed E-state index contributed by atoms with van der Waals surface area (Å²) in [4.78, 5) is 19.3. The van der Waals surface area contributed by atoms with Gasteiger partial charge in [0.1, 0.15) is 5.82 Å². The van der Waals surface area contributed by atoms with E-state index in [0.717, 1.165) is 5.56 Å². The molecule has 2 aromatic carbocycles. The Balaban J connectivity index is 2.02. The number of nitrogens with zero attached hydrogens (tertiary/aromatic N) is 1. The minimum absolute atomic E-state index is 0.159. The summed E-state index contributed by atoms with van der Waals surface area (Å²) in [5.74, 6) is 1.77. The highest BCUT2D eigenvalue weighted by Gasteiger charge is 2.07. The van der Waals surface area contributed by atoms with Gasteiger partial charge in [0.2, 0.25) is 0 Å². The molecule has 0 unspecified atom stereocenters. The third-order valence-electron chi connectivity index (χ3n) is 3.49. The fourth-order valence-corrected chi connectivity index (χ4v) is 2.40. The van der Waals surface area contributed by atoms with Crippen LogP contribution < -0.4 is 15.0 Å². The Morgan fingerprint density at radius 1 is 1.00 bits per heavy atom. The molecule has 0 saturated heterocycles. The molecule has 0 amide bonds. The number of fused-ring (bicyclic) bond motifs is 1. The van der Waals surface area contributed by atoms with Gasteiger partial charge in [0.05, 0.1) is 25.1 Å². The number of ether oxygens (including phenoxy) is 2. The lowest BCUT2D eigenvalue weighted by Crippen LogP contribution is -2.09. The number of nitrogens with one attached hydrogen (secondary N) is 1. The van der Waals surface area contributed by atoms with Crippen LogP contribution in [-0.4, -0.2) is 24.2 Å². The van der Waals surface area contributed by atoms with Crippen LogP contribution >= 0.6 is 0 Å². The normalized spacial score (nSPS) is 11.0. The van der Waals surface area contributed by atoms with Crippen LogP contribution in [0.4, 0.5) is 0 Å². The molecule has 23 heavy (non-hydrogen) atoms. The molecule has 5 heteroatoms. The number of aromatic amines is 1. The van der Waals surface area contributed by atoms with Crippen LogP contribution in [0.2, 0.25) is 0 Å². The van der Waals surface area contributed by atoms with E-state index in [4.69, 9.17) is 9.47 Å². The molecule has 1 aromatic heterocycles. The van der Waals surface area contributed by atoms with Crippen molar-refractivity contribution in [2.45, 2.75) is 0 Å². The summed E-state index contributed by atoms with van der Waals surface area (Å²) in [7, 11) is 3.18. The SMILES string of the molecule is COc1cccc(/C=C/c2nc3ccccc3c(=O)[nH]2)c1OC. The molecule has 0 aliphatic heterocycles. The van der Waals surface area contributed by atoms with Crippen molar-refractivity contribution < 1.29 is 9.47 Å². The van der Waals surface area contributed by atoms with Crippen molar-refractivity contribution in [2.24, 2.45) is 0 Å². The fraction of sp³-hybridized carbons (Fsp3) is 0.111. The van der Waals surface area contributed by atoms with Crippen molar-refractivity contribution in [3.05, 3.63) is 64.2 Å². The van der Waals surface area contributed by atoms with Gasteiger partial charge in [-0.15, -0.1) is 0 Å². The van der Waals surface area contributed by atoms with Crippen molar-refractivity contribution in [3.8, 4) is 11.5 Å². The van der Waals surface area contributed by atoms with E-state index in [1.807, 2.05) is 42.5 Å². The Hall–Kier alpha value is -3.08. The molecule has 116 valence electrons. The van der Waals surface area contributed by atoms with E-state index in [0.29, 0.717) is 28.2 Å². The van der Waals surface area contributed by atoms with Crippen LogP contribution in [0.1, 0.15) is 11.4 Å². The second-order valence-electron chi connectivity index (χ2n) is 4.88. The van der Waals surface area contributed by atoms with E-state index < -0.39 is 0 Å². The van der Waals surface area contributed by atoms with Gasteiger partial charge in [-0.05, 0) is 30.4 Å². The number of hydrogen-bond donors (Lipinski definition) is 1. The molecule has 0 bridgehead atoms. The maximum Gasteiger partial charge on any atom is 0.259 e. The number of rotatable bonds is 4. The van der Waals surface area contributed by atoms with Crippen molar-refractivity contribution in [2.75, 3.05) is 14.2 Å². The molecule has 1 N–H and O–H groups in total. The number of para-hydroxylation sites is 2. The summed E-state index contributed by atoms with van der Waals surface area (Å²) < 4.78 is 10.7. The van der Waals surface area contributed by atoms with E-state index in [-0.39, 0.29) is 5.56 Å². The van der Waals surface area contributed by atoms with Crippen LogP contribution in [0.15, 0.2) is 47.3 Å². The summed E-state index contributed by atoms with van der Waals surface area (Å²) in [6.45, 7) is 0. The number of aromatic nitrogens is 2. The van der Waals surface area contributed by atoms with Crippen molar-refractivity contribution in [1.29, 1.82) is 0 Å². The Morgan fingerprint density at radius 2 is 1.83 bits per heavy atom. The molecule has 0 aliphatic carbocycles. The molecule has 3 aromatic rings. The molecule has 0 fully saturated rings. The highest BCUT2D eigenvalue weighted by molar-refractivity contribution is 5.79. The maximum absolute atomic E-state index is 12.1. The van der Waals surface area contributed by atoms with Crippen LogP contribution in [0, 0.1) is 0 Å². The first-order valence-corrected chi connectivity index (χ1v) is 7.11. The molecule has 0 aliphatic rings. The first-order chi connectivity index (χ1) is 11.2. The number of benzene rings is 2. The zero-order valence-corrected chi connectivity index (χ0v) is 12.9. The third-order valence-corrected chi connectivity index (χ3v) is 3.49. The van der Waals surface area contributed by atoms with Gasteiger partial charge in [0.25, 0.3) is 5.56 Å². The van der Waals surface area contributed by atoms with Gasteiger partial charge in [0.15, 0.2) is 11.5 Å². The van der Waals surface area contributed by atoms with Crippen LogP contribution in [0.5, 0.6) is 11.5 Å². The monoisotopic (exact) mass is 308 g/mol. The first kappa shape index (κ1) is 14.8. The molecular weight excluding hydrogens is 292 g/mol. The Bertz CT molecular complexity index is 929. The van der Waals surface area contributed by atoms with Crippen LogP contribution in [-0.2, 0) is 0 Å².